The Balaban J connectivity index is 1.71. The van der Waals surface area contributed by atoms with Crippen LogP contribution >= 0.6 is 34.5 Å². The fraction of sp³-hybridized carbons (Fsp3) is 0.476. The van der Waals surface area contributed by atoms with Gasteiger partial charge in [-0.15, -0.1) is 34.5 Å². The number of hydrogen-bond acceptors (Lipinski definition) is 3. The zero-order chi connectivity index (χ0) is 19.2. The second-order valence-corrected chi connectivity index (χ2v) is 9.38. The van der Waals surface area contributed by atoms with Gasteiger partial charge in [-0.05, 0) is 56.3 Å². The van der Waals surface area contributed by atoms with Gasteiger partial charge in [0, 0.05) is 34.4 Å². The number of benzene rings is 1. The van der Waals surface area contributed by atoms with Crippen molar-refractivity contribution < 1.29 is 4.79 Å². The predicted octanol–water partition coefficient (Wildman–Crippen LogP) is 4.79. The number of alkyl halides is 2. The van der Waals surface area contributed by atoms with Crippen LogP contribution in [0.2, 0.25) is 0 Å². The van der Waals surface area contributed by atoms with Crippen LogP contribution in [0, 0.1) is 0 Å². The molecule has 0 saturated heterocycles. The number of nitrogens with zero attached hydrogens (tertiary/aromatic N) is 1. The molecule has 4 atom stereocenters. The number of hydrogen-bond donors (Lipinski definition) is 1. The summed E-state index contributed by atoms with van der Waals surface area (Å²) in [6.07, 6.45) is 3.44. The van der Waals surface area contributed by atoms with Crippen LogP contribution < -0.4 is 5.32 Å². The van der Waals surface area contributed by atoms with E-state index in [1.165, 1.54) is 4.88 Å². The molecule has 3 nitrogen and oxygen atoms in total. The van der Waals surface area contributed by atoms with Crippen molar-refractivity contribution in [3.05, 3.63) is 58.3 Å². The third kappa shape index (κ3) is 5.71. The van der Waals surface area contributed by atoms with Gasteiger partial charge in [-0.3, -0.25) is 9.69 Å². The van der Waals surface area contributed by atoms with Gasteiger partial charge in [-0.2, -0.15) is 0 Å². The van der Waals surface area contributed by atoms with Crippen LogP contribution in [0.3, 0.4) is 0 Å². The Hall–Kier alpha value is -1.07. The van der Waals surface area contributed by atoms with E-state index in [4.69, 9.17) is 23.2 Å². The van der Waals surface area contributed by atoms with E-state index >= 15 is 0 Å². The standard InChI is InChI=1S/C21H26Cl2N2OS/c1-25(12-11-17-8-5-13-27-17)20-18(23)14-16(22)9-10-19(20)24-21(26)15-6-3-2-4-7-15/h2-8,13,16,18-20H,9-12,14H2,1H3,(H,24,26). The van der Waals surface area contributed by atoms with E-state index in [1.54, 1.807) is 11.3 Å². The molecule has 1 aliphatic rings. The second-order valence-electron chi connectivity index (χ2n) is 7.17. The van der Waals surface area contributed by atoms with Crippen molar-refractivity contribution in [3.63, 3.8) is 0 Å². The van der Waals surface area contributed by atoms with Crippen LogP contribution in [0.15, 0.2) is 47.8 Å². The Bertz CT molecular complexity index is 710. The Labute approximate surface area is 175 Å². The molecule has 3 rings (SSSR count). The first-order valence-electron chi connectivity index (χ1n) is 9.41. The van der Waals surface area contributed by atoms with Gasteiger partial charge in [0.2, 0.25) is 0 Å². The van der Waals surface area contributed by atoms with Crippen molar-refractivity contribution in [3.8, 4) is 0 Å². The molecule has 1 aromatic heterocycles. The summed E-state index contributed by atoms with van der Waals surface area (Å²) in [6, 6.07) is 13.6. The summed E-state index contributed by atoms with van der Waals surface area (Å²) >= 11 is 15.0. The summed E-state index contributed by atoms with van der Waals surface area (Å²) in [6.45, 7) is 0.902. The van der Waals surface area contributed by atoms with Crippen LogP contribution in [0.1, 0.15) is 34.5 Å². The molecule has 1 aromatic carbocycles. The summed E-state index contributed by atoms with van der Waals surface area (Å²) < 4.78 is 0. The maximum absolute atomic E-state index is 12.7. The Morgan fingerprint density at radius 3 is 2.67 bits per heavy atom. The molecular weight excluding hydrogens is 399 g/mol. The summed E-state index contributed by atoms with van der Waals surface area (Å²) in [5.74, 6) is -0.0471. The molecule has 0 radical (unpaired) electrons. The number of amides is 1. The first-order chi connectivity index (χ1) is 13.0. The van der Waals surface area contributed by atoms with E-state index in [0.29, 0.717) is 5.56 Å². The number of rotatable bonds is 6. The molecule has 1 saturated carbocycles. The minimum atomic E-state index is -0.0931. The number of nitrogens with one attached hydrogen (secondary N) is 1. The molecule has 27 heavy (non-hydrogen) atoms. The Morgan fingerprint density at radius 2 is 1.96 bits per heavy atom. The minimum absolute atomic E-state index is 0.0164. The van der Waals surface area contributed by atoms with Crippen molar-refractivity contribution in [1.29, 1.82) is 0 Å². The fourth-order valence-corrected chi connectivity index (χ4v) is 5.45. The number of carbonyl (C=O) groups is 1. The smallest absolute Gasteiger partial charge is 0.251 e. The number of likely N-dealkylation sites (N-methyl/N-ethyl adjacent to an activating group) is 1. The molecule has 1 aliphatic carbocycles. The first kappa shape index (κ1) is 20.7. The van der Waals surface area contributed by atoms with Crippen LogP contribution in [-0.2, 0) is 6.42 Å². The maximum Gasteiger partial charge on any atom is 0.251 e. The summed E-state index contributed by atoms with van der Waals surface area (Å²) in [4.78, 5) is 16.4. The van der Waals surface area contributed by atoms with Crippen LogP contribution in [-0.4, -0.2) is 47.2 Å². The number of carbonyl (C=O) groups excluding carboxylic acids is 1. The lowest BCUT2D eigenvalue weighted by molar-refractivity contribution is 0.0897. The molecule has 0 bridgehead atoms. The van der Waals surface area contributed by atoms with E-state index in [2.05, 4.69) is 34.8 Å². The molecular formula is C21H26Cl2N2OS. The quantitative estimate of drug-likeness (QED) is 0.533. The highest BCUT2D eigenvalue weighted by Gasteiger charge is 2.36. The van der Waals surface area contributed by atoms with Gasteiger partial charge in [0.1, 0.15) is 0 Å². The van der Waals surface area contributed by atoms with E-state index in [0.717, 1.165) is 32.2 Å². The maximum atomic E-state index is 12.7. The van der Waals surface area contributed by atoms with Crippen molar-refractivity contribution >= 4 is 40.4 Å². The number of thiophene rings is 1. The molecule has 2 aromatic rings. The largest absolute Gasteiger partial charge is 0.348 e. The summed E-state index contributed by atoms with van der Waals surface area (Å²) in [5, 5.41) is 5.29. The predicted molar refractivity (Wildman–Crippen MR) is 115 cm³/mol. The third-order valence-corrected chi connectivity index (χ3v) is 6.98. The lowest BCUT2D eigenvalue weighted by Crippen LogP contribution is -2.54. The Kier molecular flexibility index (Phi) is 7.59. The van der Waals surface area contributed by atoms with E-state index in [1.807, 2.05) is 30.3 Å². The zero-order valence-electron chi connectivity index (χ0n) is 15.5. The van der Waals surface area contributed by atoms with Gasteiger partial charge in [0.25, 0.3) is 5.91 Å². The lowest BCUT2D eigenvalue weighted by Gasteiger charge is -2.36. The van der Waals surface area contributed by atoms with Crippen molar-refractivity contribution in [2.45, 2.75) is 48.5 Å². The average Bonchev–Trinajstić information content (AvgIpc) is 3.14. The monoisotopic (exact) mass is 424 g/mol. The van der Waals surface area contributed by atoms with Crippen molar-refractivity contribution in [1.82, 2.24) is 10.2 Å². The highest BCUT2D eigenvalue weighted by Crippen LogP contribution is 2.29. The van der Waals surface area contributed by atoms with Gasteiger partial charge >= 0.3 is 0 Å². The van der Waals surface area contributed by atoms with Gasteiger partial charge in [-0.25, -0.2) is 0 Å². The molecule has 146 valence electrons. The molecule has 6 heteroatoms. The SMILES string of the molecule is CN(CCc1cccs1)C1C(Cl)CC(Cl)CCC1NC(=O)c1ccccc1. The third-order valence-electron chi connectivity index (χ3n) is 5.21. The molecule has 1 fully saturated rings. The van der Waals surface area contributed by atoms with Crippen molar-refractivity contribution in [2.24, 2.45) is 0 Å². The lowest BCUT2D eigenvalue weighted by atomic mass is 10.00. The molecule has 1 N–H and O–H groups in total. The average molecular weight is 425 g/mol. The van der Waals surface area contributed by atoms with Gasteiger partial charge in [0.15, 0.2) is 0 Å². The summed E-state index contributed by atoms with van der Waals surface area (Å²) in [5.41, 5.74) is 0.676. The van der Waals surface area contributed by atoms with E-state index in [-0.39, 0.29) is 28.7 Å². The van der Waals surface area contributed by atoms with Gasteiger partial charge < -0.3 is 5.32 Å². The van der Waals surface area contributed by atoms with E-state index in [9.17, 15) is 4.79 Å². The normalized spacial score (nSPS) is 25.9. The molecule has 1 amide bonds. The molecule has 0 spiro atoms. The van der Waals surface area contributed by atoms with Crippen molar-refractivity contribution in [2.75, 3.05) is 13.6 Å². The topological polar surface area (TPSA) is 32.3 Å². The van der Waals surface area contributed by atoms with E-state index < -0.39 is 0 Å². The van der Waals surface area contributed by atoms with Crippen LogP contribution in [0.4, 0.5) is 0 Å². The fourth-order valence-electron chi connectivity index (χ4n) is 3.76. The van der Waals surface area contributed by atoms with Crippen LogP contribution in [0.25, 0.3) is 0 Å². The van der Waals surface area contributed by atoms with Crippen LogP contribution in [0.5, 0.6) is 0 Å². The second kappa shape index (κ2) is 9.92. The van der Waals surface area contributed by atoms with Gasteiger partial charge in [-0.1, -0.05) is 24.3 Å². The first-order valence-corrected chi connectivity index (χ1v) is 11.2. The minimum Gasteiger partial charge on any atom is -0.348 e. The molecule has 4 unspecified atom stereocenters. The molecule has 0 aliphatic heterocycles. The molecule has 1 heterocycles. The Morgan fingerprint density at radius 1 is 1.19 bits per heavy atom. The highest BCUT2D eigenvalue weighted by molar-refractivity contribution is 7.09. The highest BCUT2D eigenvalue weighted by atomic mass is 35.5. The zero-order valence-corrected chi connectivity index (χ0v) is 17.8. The number of halogens is 2. The summed E-state index contributed by atoms with van der Waals surface area (Å²) in [7, 11) is 2.10. The van der Waals surface area contributed by atoms with Gasteiger partial charge in [0.05, 0.1) is 5.38 Å².